The SMILES string of the molecule is CCC(N)(CC)CNC(=O)Cc1nc(-c2ccco2)oc1C.Cl.Cl. The van der Waals surface area contributed by atoms with Crippen molar-refractivity contribution in [2.24, 2.45) is 5.73 Å². The van der Waals surface area contributed by atoms with Gasteiger partial charge in [0.25, 0.3) is 5.89 Å². The molecular weight excluding hydrogens is 353 g/mol. The van der Waals surface area contributed by atoms with Crippen LogP contribution in [0.5, 0.6) is 0 Å². The van der Waals surface area contributed by atoms with Gasteiger partial charge in [0.05, 0.1) is 18.4 Å². The van der Waals surface area contributed by atoms with E-state index in [0.29, 0.717) is 29.6 Å². The Kier molecular flexibility index (Phi) is 9.11. The van der Waals surface area contributed by atoms with E-state index in [1.807, 2.05) is 13.8 Å². The fourth-order valence-corrected chi connectivity index (χ4v) is 2.09. The average molecular weight is 378 g/mol. The minimum absolute atomic E-state index is 0. The molecule has 0 saturated heterocycles. The molecule has 0 radical (unpaired) electrons. The summed E-state index contributed by atoms with van der Waals surface area (Å²) in [5, 5.41) is 2.88. The van der Waals surface area contributed by atoms with Gasteiger partial charge in [0, 0.05) is 12.1 Å². The highest BCUT2D eigenvalue weighted by atomic mass is 35.5. The van der Waals surface area contributed by atoms with E-state index >= 15 is 0 Å². The molecule has 0 aliphatic heterocycles. The molecule has 6 nitrogen and oxygen atoms in total. The van der Waals surface area contributed by atoms with Crippen molar-refractivity contribution in [2.75, 3.05) is 6.54 Å². The van der Waals surface area contributed by atoms with Gasteiger partial charge in [0.2, 0.25) is 5.91 Å². The second-order valence-corrected chi connectivity index (χ2v) is 5.52. The van der Waals surface area contributed by atoms with Crippen molar-refractivity contribution in [1.82, 2.24) is 10.3 Å². The second kappa shape index (κ2) is 9.71. The minimum atomic E-state index is -0.353. The first-order valence-corrected chi connectivity index (χ1v) is 7.53. The van der Waals surface area contributed by atoms with Crippen molar-refractivity contribution in [3.63, 3.8) is 0 Å². The molecule has 2 rings (SSSR count). The topological polar surface area (TPSA) is 94.3 Å². The van der Waals surface area contributed by atoms with Crippen molar-refractivity contribution in [2.45, 2.75) is 45.6 Å². The molecule has 0 unspecified atom stereocenters. The highest BCUT2D eigenvalue weighted by Crippen LogP contribution is 2.22. The molecule has 0 atom stereocenters. The number of nitrogens with zero attached hydrogens (tertiary/aromatic N) is 1. The predicted molar refractivity (Wildman–Crippen MR) is 97.7 cm³/mol. The summed E-state index contributed by atoms with van der Waals surface area (Å²) in [6.07, 6.45) is 3.35. The molecule has 0 spiro atoms. The van der Waals surface area contributed by atoms with E-state index in [2.05, 4.69) is 10.3 Å². The number of nitrogens with two attached hydrogens (primary N) is 1. The third kappa shape index (κ3) is 5.54. The zero-order valence-electron chi connectivity index (χ0n) is 14.1. The maximum Gasteiger partial charge on any atom is 0.263 e. The average Bonchev–Trinajstić information content (AvgIpc) is 3.15. The second-order valence-electron chi connectivity index (χ2n) is 5.52. The molecule has 24 heavy (non-hydrogen) atoms. The molecule has 2 heterocycles. The lowest BCUT2D eigenvalue weighted by molar-refractivity contribution is -0.120. The summed E-state index contributed by atoms with van der Waals surface area (Å²) >= 11 is 0. The molecule has 8 heteroatoms. The van der Waals surface area contributed by atoms with E-state index in [9.17, 15) is 4.79 Å². The third-order valence-corrected chi connectivity index (χ3v) is 4.00. The van der Waals surface area contributed by atoms with Crippen molar-refractivity contribution >= 4 is 30.7 Å². The van der Waals surface area contributed by atoms with Crippen LogP contribution in [0.4, 0.5) is 0 Å². The Morgan fingerprint density at radius 3 is 2.54 bits per heavy atom. The molecular formula is C16H25Cl2N3O3. The van der Waals surface area contributed by atoms with Crippen molar-refractivity contribution in [1.29, 1.82) is 0 Å². The zero-order valence-corrected chi connectivity index (χ0v) is 15.8. The molecule has 0 aliphatic carbocycles. The number of oxazole rings is 1. The first-order chi connectivity index (χ1) is 10.5. The number of nitrogens with one attached hydrogen (secondary N) is 1. The van der Waals surface area contributed by atoms with Crippen LogP contribution in [0.1, 0.15) is 38.1 Å². The molecule has 0 fully saturated rings. The van der Waals surface area contributed by atoms with Gasteiger partial charge in [-0.15, -0.1) is 24.8 Å². The molecule has 0 saturated carbocycles. The fraction of sp³-hybridized carbons (Fsp3) is 0.500. The number of aryl methyl sites for hydroxylation is 1. The van der Waals surface area contributed by atoms with Gasteiger partial charge >= 0.3 is 0 Å². The van der Waals surface area contributed by atoms with Crippen molar-refractivity contribution < 1.29 is 13.6 Å². The highest BCUT2D eigenvalue weighted by Gasteiger charge is 2.22. The van der Waals surface area contributed by atoms with Gasteiger partial charge in [-0.05, 0) is 31.9 Å². The molecule has 0 aliphatic rings. The van der Waals surface area contributed by atoms with Crippen molar-refractivity contribution in [3.8, 4) is 11.7 Å². The molecule has 2 aromatic heterocycles. The van der Waals surface area contributed by atoms with Gasteiger partial charge in [-0.3, -0.25) is 4.79 Å². The number of carbonyl (C=O) groups is 1. The summed E-state index contributed by atoms with van der Waals surface area (Å²) in [6.45, 7) is 6.29. The summed E-state index contributed by atoms with van der Waals surface area (Å²) in [5.74, 6) is 1.44. The molecule has 0 bridgehead atoms. The van der Waals surface area contributed by atoms with E-state index < -0.39 is 0 Å². The largest absolute Gasteiger partial charge is 0.459 e. The molecule has 1 amide bonds. The van der Waals surface area contributed by atoms with E-state index in [-0.39, 0.29) is 42.7 Å². The Morgan fingerprint density at radius 2 is 2.00 bits per heavy atom. The Morgan fingerprint density at radius 1 is 1.33 bits per heavy atom. The van der Waals surface area contributed by atoms with Gasteiger partial charge in [0.15, 0.2) is 5.76 Å². The van der Waals surface area contributed by atoms with Crippen LogP contribution < -0.4 is 11.1 Å². The zero-order chi connectivity index (χ0) is 16.2. The number of hydrogen-bond donors (Lipinski definition) is 2. The quantitative estimate of drug-likeness (QED) is 0.771. The minimum Gasteiger partial charge on any atom is -0.459 e. The Hall–Kier alpha value is -1.50. The molecule has 2 aromatic rings. The van der Waals surface area contributed by atoms with Crippen LogP contribution >= 0.6 is 24.8 Å². The van der Waals surface area contributed by atoms with E-state index in [4.69, 9.17) is 14.6 Å². The summed E-state index contributed by atoms with van der Waals surface area (Å²) < 4.78 is 10.8. The molecule has 0 aromatic carbocycles. The van der Waals surface area contributed by atoms with Gasteiger partial charge in [-0.2, -0.15) is 0 Å². The van der Waals surface area contributed by atoms with Gasteiger partial charge < -0.3 is 19.9 Å². The first kappa shape index (κ1) is 22.5. The lowest BCUT2D eigenvalue weighted by atomic mass is 9.94. The van der Waals surface area contributed by atoms with E-state index in [1.165, 1.54) is 0 Å². The van der Waals surface area contributed by atoms with Crippen molar-refractivity contribution in [3.05, 3.63) is 29.9 Å². The Balaban J connectivity index is 0.00000264. The summed E-state index contributed by atoms with van der Waals surface area (Å²) in [7, 11) is 0. The van der Waals surface area contributed by atoms with E-state index in [0.717, 1.165) is 12.8 Å². The van der Waals surface area contributed by atoms with Crippen LogP contribution in [0.3, 0.4) is 0 Å². The van der Waals surface area contributed by atoms with Crippen LogP contribution in [0.25, 0.3) is 11.7 Å². The number of amides is 1. The van der Waals surface area contributed by atoms with Crippen LogP contribution in [-0.2, 0) is 11.2 Å². The number of rotatable bonds is 7. The Bertz CT molecular complexity index is 623. The standard InChI is InChI=1S/C16H23N3O3.2ClH/c1-4-16(17,5-2)10-18-14(20)9-12-11(3)22-15(19-12)13-7-6-8-21-13;;/h6-8H,4-5,9-10,17H2,1-3H3,(H,18,20);2*1H. The molecule has 3 N–H and O–H groups in total. The van der Waals surface area contributed by atoms with Crippen LogP contribution in [-0.4, -0.2) is 23.0 Å². The third-order valence-electron chi connectivity index (χ3n) is 4.00. The fourth-order valence-electron chi connectivity index (χ4n) is 2.09. The maximum absolute atomic E-state index is 12.1. The molecule has 136 valence electrons. The summed E-state index contributed by atoms with van der Waals surface area (Å²) in [4.78, 5) is 16.4. The lowest BCUT2D eigenvalue weighted by Crippen LogP contribution is -2.49. The smallest absolute Gasteiger partial charge is 0.263 e. The summed E-state index contributed by atoms with van der Waals surface area (Å²) in [6, 6.07) is 3.53. The summed E-state index contributed by atoms with van der Waals surface area (Å²) in [5.41, 5.74) is 6.43. The maximum atomic E-state index is 12.1. The van der Waals surface area contributed by atoms with Crippen LogP contribution in [0, 0.1) is 6.92 Å². The monoisotopic (exact) mass is 377 g/mol. The number of furan rings is 1. The number of carbonyl (C=O) groups excluding carboxylic acids is 1. The van der Waals surface area contributed by atoms with Gasteiger partial charge in [-0.25, -0.2) is 4.98 Å². The van der Waals surface area contributed by atoms with E-state index in [1.54, 1.807) is 25.3 Å². The number of hydrogen-bond acceptors (Lipinski definition) is 5. The van der Waals surface area contributed by atoms with Gasteiger partial charge in [-0.1, -0.05) is 13.8 Å². The predicted octanol–water partition coefficient (Wildman–Crippen LogP) is 3.26. The first-order valence-electron chi connectivity index (χ1n) is 7.53. The number of halogens is 2. The number of aromatic nitrogens is 1. The lowest BCUT2D eigenvalue weighted by Gasteiger charge is -2.26. The normalized spacial score (nSPS) is 10.7. The van der Waals surface area contributed by atoms with Crippen LogP contribution in [0.15, 0.2) is 27.2 Å². The van der Waals surface area contributed by atoms with Crippen LogP contribution in [0.2, 0.25) is 0 Å². The Labute approximate surface area is 154 Å². The highest BCUT2D eigenvalue weighted by molar-refractivity contribution is 5.85. The van der Waals surface area contributed by atoms with Gasteiger partial charge in [0.1, 0.15) is 5.76 Å².